The third-order valence-corrected chi connectivity index (χ3v) is 5.93. The van der Waals surface area contributed by atoms with Crippen LogP contribution in [0.1, 0.15) is 41.9 Å². The SMILES string of the molecule is CN=C(NCc1ccc(CN2CCCC2)cc1)NCC1CC(=O)Nc2ccccc21. The standard InChI is InChI=1S/C24H31N5O/c1-25-24(27-16-20-14-23(30)28-22-7-3-2-6-21(20)22)26-15-18-8-10-19(11-9-18)17-29-12-4-5-13-29/h2-3,6-11,20H,4-5,12-17H2,1H3,(H,28,30)(H2,25,26,27). The van der Waals surface area contributed by atoms with Gasteiger partial charge in [0, 0.05) is 44.7 Å². The number of nitrogens with one attached hydrogen (secondary N) is 3. The highest BCUT2D eigenvalue weighted by Crippen LogP contribution is 2.31. The smallest absolute Gasteiger partial charge is 0.225 e. The minimum absolute atomic E-state index is 0.0671. The van der Waals surface area contributed by atoms with Crippen LogP contribution in [0.3, 0.4) is 0 Å². The summed E-state index contributed by atoms with van der Waals surface area (Å²) >= 11 is 0. The van der Waals surface area contributed by atoms with E-state index in [1.54, 1.807) is 7.05 Å². The lowest BCUT2D eigenvalue weighted by atomic mass is 9.90. The van der Waals surface area contributed by atoms with E-state index in [1.165, 1.54) is 42.6 Å². The van der Waals surface area contributed by atoms with Gasteiger partial charge >= 0.3 is 0 Å². The van der Waals surface area contributed by atoms with Crippen LogP contribution in [-0.4, -0.2) is 43.4 Å². The second kappa shape index (κ2) is 9.76. The monoisotopic (exact) mass is 405 g/mol. The van der Waals surface area contributed by atoms with Gasteiger partial charge in [-0.25, -0.2) is 0 Å². The number of hydrogen-bond donors (Lipinski definition) is 3. The Morgan fingerprint density at radius 2 is 1.80 bits per heavy atom. The Labute approximate surface area is 178 Å². The fraction of sp³-hybridized carbons (Fsp3) is 0.417. The summed E-state index contributed by atoms with van der Waals surface area (Å²) in [4.78, 5) is 18.9. The zero-order chi connectivity index (χ0) is 20.8. The first-order valence-corrected chi connectivity index (χ1v) is 10.8. The molecular weight excluding hydrogens is 374 g/mol. The lowest BCUT2D eigenvalue weighted by molar-refractivity contribution is -0.116. The summed E-state index contributed by atoms with van der Waals surface area (Å²) in [5.41, 5.74) is 4.69. The van der Waals surface area contributed by atoms with E-state index in [2.05, 4.69) is 56.2 Å². The molecule has 1 unspecified atom stereocenters. The first-order valence-electron chi connectivity index (χ1n) is 10.8. The zero-order valence-corrected chi connectivity index (χ0v) is 17.7. The molecule has 6 heteroatoms. The molecule has 2 aromatic rings. The number of carbonyl (C=O) groups excluding carboxylic acids is 1. The van der Waals surface area contributed by atoms with Crippen molar-refractivity contribution in [2.24, 2.45) is 4.99 Å². The summed E-state index contributed by atoms with van der Waals surface area (Å²) < 4.78 is 0. The second-order valence-corrected chi connectivity index (χ2v) is 8.14. The molecule has 0 spiro atoms. The molecule has 2 aliphatic rings. The molecule has 4 rings (SSSR count). The Balaban J connectivity index is 1.28. The molecule has 3 N–H and O–H groups in total. The number of nitrogens with zero attached hydrogens (tertiary/aromatic N) is 2. The molecule has 6 nitrogen and oxygen atoms in total. The van der Waals surface area contributed by atoms with E-state index in [4.69, 9.17) is 0 Å². The van der Waals surface area contributed by atoms with Crippen LogP contribution in [-0.2, 0) is 17.9 Å². The number of carbonyl (C=O) groups is 1. The number of amides is 1. The summed E-state index contributed by atoms with van der Waals surface area (Å²) in [5, 5.41) is 9.71. The molecule has 158 valence electrons. The Kier molecular flexibility index (Phi) is 6.64. The van der Waals surface area contributed by atoms with Gasteiger partial charge in [0.1, 0.15) is 0 Å². The van der Waals surface area contributed by atoms with Crippen molar-refractivity contribution in [3.8, 4) is 0 Å². The van der Waals surface area contributed by atoms with Crippen LogP contribution in [0, 0.1) is 0 Å². The summed E-state index contributed by atoms with van der Waals surface area (Å²) in [6.07, 6.45) is 3.13. The van der Waals surface area contributed by atoms with Gasteiger partial charge in [0.2, 0.25) is 5.91 Å². The van der Waals surface area contributed by atoms with Gasteiger partial charge in [-0.05, 0) is 48.7 Å². The van der Waals surface area contributed by atoms with Crippen LogP contribution in [0.25, 0.3) is 0 Å². The number of aliphatic imine (C=N–C) groups is 1. The first kappa shape index (κ1) is 20.4. The van der Waals surface area contributed by atoms with Crippen LogP contribution in [0.15, 0.2) is 53.5 Å². The lowest BCUT2D eigenvalue weighted by Crippen LogP contribution is -2.40. The van der Waals surface area contributed by atoms with Gasteiger partial charge in [0.05, 0.1) is 0 Å². The quantitative estimate of drug-likeness (QED) is 0.510. The second-order valence-electron chi connectivity index (χ2n) is 8.14. The molecule has 0 aromatic heterocycles. The molecule has 0 bridgehead atoms. The van der Waals surface area contributed by atoms with Gasteiger partial charge in [0.15, 0.2) is 5.96 Å². The third kappa shape index (κ3) is 5.19. The molecule has 30 heavy (non-hydrogen) atoms. The number of para-hydroxylation sites is 1. The van der Waals surface area contributed by atoms with Gasteiger partial charge in [-0.3, -0.25) is 14.7 Å². The van der Waals surface area contributed by atoms with Gasteiger partial charge in [0.25, 0.3) is 0 Å². The summed E-state index contributed by atoms with van der Waals surface area (Å²) in [5.74, 6) is 0.954. The Bertz CT molecular complexity index is 887. The molecule has 0 radical (unpaired) electrons. The molecule has 0 saturated carbocycles. The summed E-state index contributed by atoms with van der Waals surface area (Å²) in [6, 6.07) is 16.8. The van der Waals surface area contributed by atoms with E-state index < -0.39 is 0 Å². The minimum atomic E-state index is 0.0671. The zero-order valence-electron chi connectivity index (χ0n) is 17.7. The molecule has 2 heterocycles. The molecule has 1 saturated heterocycles. The molecule has 2 aromatic carbocycles. The number of likely N-dealkylation sites (tertiary alicyclic amines) is 1. The van der Waals surface area contributed by atoms with Crippen molar-refractivity contribution < 1.29 is 4.79 Å². The van der Waals surface area contributed by atoms with Crippen molar-refractivity contribution in [1.82, 2.24) is 15.5 Å². The largest absolute Gasteiger partial charge is 0.356 e. The average molecular weight is 406 g/mol. The maximum Gasteiger partial charge on any atom is 0.225 e. The number of anilines is 1. The van der Waals surface area contributed by atoms with Crippen LogP contribution < -0.4 is 16.0 Å². The van der Waals surface area contributed by atoms with Crippen molar-refractivity contribution >= 4 is 17.6 Å². The molecule has 0 aliphatic carbocycles. The van der Waals surface area contributed by atoms with E-state index >= 15 is 0 Å². The van der Waals surface area contributed by atoms with Crippen molar-refractivity contribution in [3.05, 3.63) is 65.2 Å². The van der Waals surface area contributed by atoms with Crippen molar-refractivity contribution in [3.63, 3.8) is 0 Å². The van der Waals surface area contributed by atoms with E-state index in [1.807, 2.05) is 18.2 Å². The van der Waals surface area contributed by atoms with E-state index in [0.717, 1.165) is 18.2 Å². The number of benzene rings is 2. The van der Waals surface area contributed by atoms with Crippen LogP contribution >= 0.6 is 0 Å². The number of hydrogen-bond acceptors (Lipinski definition) is 3. The molecule has 1 fully saturated rings. The lowest BCUT2D eigenvalue weighted by Gasteiger charge is -2.26. The maximum absolute atomic E-state index is 12.0. The first-order chi connectivity index (χ1) is 14.7. The van der Waals surface area contributed by atoms with Crippen LogP contribution in [0.2, 0.25) is 0 Å². The Hall–Kier alpha value is -2.86. The maximum atomic E-state index is 12.0. The molecular formula is C24H31N5O. The third-order valence-electron chi connectivity index (χ3n) is 5.93. The molecule has 2 aliphatic heterocycles. The highest BCUT2D eigenvalue weighted by Gasteiger charge is 2.24. The highest BCUT2D eigenvalue weighted by atomic mass is 16.1. The van der Waals surface area contributed by atoms with E-state index in [9.17, 15) is 4.79 Å². The van der Waals surface area contributed by atoms with Crippen molar-refractivity contribution in [2.45, 2.75) is 38.3 Å². The van der Waals surface area contributed by atoms with Crippen LogP contribution in [0.5, 0.6) is 0 Å². The minimum Gasteiger partial charge on any atom is -0.356 e. The van der Waals surface area contributed by atoms with E-state index in [0.29, 0.717) is 19.5 Å². The fourth-order valence-electron chi connectivity index (χ4n) is 4.27. The van der Waals surface area contributed by atoms with E-state index in [-0.39, 0.29) is 11.8 Å². The number of rotatable bonds is 6. The number of guanidine groups is 1. The average Bonchev–Trinajstić information content (AvgIpc) is 3.28. The summed E-state index contributed by atoms with van der Waals surface area (Å²) in [6.45, 7) is 4.87. The van der Waals surface area contributed by atoms with Crippen molar-refractivity contribution in [2.75, 3.05) is 32.0 Å². The summed E-state index contributed by atoms with van der Waals surface area (Å²) in [7, 11) is 1.77. The Morgan fingerprint density at radius 3 is 2.57 bits per heavy atom. The fourth-order valence-corrected chi connectivity index (χ4v) is 4.27. The molecule has 1 atom stereocenters. The molecule has 1 amide bonds. The topological polar surface area (TPSA) is 68.8 Å². The van der Waals surface area contributed by atoms with Crippen molar-refractivity contribution in [1.29, 1.82) is 0 Å². The van der Waals surface area contributed by atoms with Gasteiger partial charge < -0.3 is 16.0 Å². The van der Waals surface area contributed by atoms with Gasteiger partial charge in [-0.2, -0.15) is 0 Å². The number of fused-ring (bicyclic) bond motifs is 1. The van der Waals surface area contributed by atoms with Crippen LogP contribution in [0.4, 0.5) is 5.69 Å². The highest BCUT2D eigenvalue weighted by molar-refractivity contribution is 5.94. The van der Waals surface area contributed by atoms with Gasteiger partial charge in [-0.15, -0.1) is 0 Å². The normalized spacial score (nSPS) is 19.3. The predicted molar refractivity (Wildman–Crippen MR) is 122 cm³/mol. The Morgan fingerprint density at radius 1 is 1.07 bits per heavy atom. The predicted octanol–water partition coefficient (Wildman–Crippen LogP) is 3.07. The van der Waals surface area contributed by atoms with Gasteiger partial charge in [-0.1, -0.05) is 42.5 Å².